The molecule has 0 saturated heterocycles. The predicted molar refractivity (Wildman–Crippen MR) is 65.5 cm³/mol. The lowest BCUT2D eigenvalue weighted by Gasteiger charge is -2.25. The molecule has 15 heavy (non-hydrogen) atoms. The van der Waals surface area contributed by atoms with Crippen LogP contribution in [0.5, 0.6) is 5.75 Å². The Labute approximate surface area is 95.6 Å². The van der Waals surface area contributed by atoms with Crippen molar-refractivity contribution in [2.24, 2.45) is 0 Å². The van der Waals surface area contributed by atoms with E-state index in [0.717, 1.165) is 17.7 Å². The van der Waals surface area contributed by atoms with Crippen LogP contribution in [-0.2, 0) is 5.41 Å². The molecule has 1 nitrogen and oxygen atoms in total. The van der Waals surface area contributed by atoms with Crippen LogP contribution >= 0.6 is 0 Å². The molecule has 82 valence electrons. The molecular formula is C14H20O. The lowest BCUT2D eigenvalue weighted by Crippen LogP contribution is -2.17. The molecular weight excluding hydrogens is 184 g/mol. The SMILES string of the molecule is [2H]C([2H])=C(C)CC(C)(C)c1ccc(OC)cc1. The number of allylic oxidation sites excluding steroid dienone is 1. The van der Waals surface area contributed by atoms with E-state index in [4.69, 9.17) is 7.48 Å². The fourth-order valence-corrected chi connectivity index (χ4v) is 1.81. The summed E-state index contributed by atoms with van der Waals surface area (Å²) in [4.78, 5) is 0. The maximum absolute atomic E-state index is 7.32. The zero-order valence-electron chi connectivity index (χ0n) is 11.9. The van der Waals surface area contributed by atoms with Crippen molar-refractivity contribution in [3.05, 3.63) is 41.9 Å². The van der Waals surface area contributed by atoms with Crippen molar-refractivity contribution < 1.29 is 7.48 Å². The molecule has 0 unspecified atom stereocenters. The average Bonchev–Trinajstić information content (AvgIpc) is 2.28. The van der Waals surface area contributed by atoms with Gasteiger partial charge in [0.1, 0.15) is 5.75 Å². The molecule has 0 saturated carbocycles. The van der Waals surface area contributed by atoms with Gasteiger partial charge in [-0.2, -0.15) is 0 Å². The molecule has 0 spiro atoms. The fourth-order valence-electron chi connectivity index (χ4n) is 1.81. The molecule has 0 aliphatic carbocycles. The van der Waals surface area contributed by atoms with Crippen molar-refractivity contribution in [3.8, 4) is 5.75 Å². The smallest absolute Gasteiger partial charge is 0.118 e. The Morgan fingerprint density at radius 1 is 1.40 bits per heavy atom. The zero-order chi connectivity index (χ0) is 13.1. The summed E-state index contributed by atoms with van der Waals surface area (Å²) in [7, 11) is 1.65. The van der Waals surface area contributed by atoms with Crippen molar-refractivity contribution in [1.82, 2.24) is 0 Å². The highest BCUT2D eigenvalue weighted by molar-refractivity contribution is 5.32. The lowest BCUT2D eigenvalue weighted by atomic mass is 9.79. The quantitative estimate of drug-likeness (QED) is 0.678. The van der Waals surface area contributed by atoms with Gasteiger partial charge in [-0.05, 0) is 36.5 Å². The Kier molecular flexibility index (Phi) is 2.72. The highest BCUT2D eigenvalue weighted by atomic mass is 16.5. The first kappa shape index (κ1) is 9.02. The second-order valence-corrected chi connectivity index (χ2v) is 4.57. The van der Waals surface area contributed by atoms with Crippen LogP contribution in [-0.4, -0.2) is 7.11 Å². The number of hydrogen-bond donors (Lipinski definition) is 0. The Balaban J connectivity index is 2.92. The molecule has 1 heteroatoms. The zero-order valence-corrected chi connectivity index (χ0v) is 9.92. The maximum Gasteiger partial charge on any atom is 0.118 e. The molecule has 0 fully saturated rings. The highest BCUT2D eigenvalue weighted by Crippen LogP contribution is 2.30. The van der Waals surface area contributed by atoms with E-state index >= 15 is 0 Å². The molecule has 0 heterocycles. The van der Waals surface area contributed by atoms with Gasteiger partial charge < -0.3 is 4.74 Å². The van der Waals surface area contributed by atoms with Gasteiger partial charge in [-0.15, -0.1) is 6.53 Å². The van der Waals surface area contributed by atoms with E-state index in [9.17, 15) is 0 Å². The van der Waals surface area contributed by atoms with Crippen LogP contribution in [0.1, 0.15) is 35.5 Å². The summed E-state index contributed by atoms with van der Waals surface area (Å²) in [6.45, 7) is 6.02. The second-order valence-electron chi connectivity index (χ2n) is 4.57. The minimum atomic E-state index is -0.0772. The third-order valence-corrected chi connectivity index (χ3v) is 2.58. The summed E-state index contributed by atoms with van der Waals surface area (Å²) in [5.74, 6) is 0.846. The van der Waals surface area contributed by atoms with Gasteiger partial charge in [-0.3, -0.25) is 0 Å². The molecule has 0 radical (unpaired) electrons. The molecule has 1 rings (SSSR count). The Morgan fingerprint density at radius 3 is 2.47 bits per heavy atom. The van der Waals surface area contributed by atoms with Crippen LogP contribution < -0.4 is 4.74 Å². The molecule has 1 aromatic carbocycles. The van der Waals surface area contributed by atoms with Crippen molar-refractivity contribution >= 4 is 0 Å². The highest BCUT2D eigenvalue weighted by Gasteiger charge is 2.20. The van der Waals surface area contributed by atoms with E-state index in [-0.39, 0.29) is 11.9 Å². The van der Waals surface area contributed by atoms with E-state index in [2.05, 4.69) is 13.8 Å². The molecule has 0 aromatic heterocycles. The van der Waals surface area contributed by atoms with Gasteiger partial charge in [-0.1, -0.05) is 31.6 Å². The predicted octanol–water partition coefficient (Wildman–Crippen LogP) is 3.94. The maximum atomic E-state index is 7.32. The number of methoxy groups -OCH3 is 1. The standard InChI is InChI=1S/C14H20O/c1-11(2)10-14(3,4)12-6-8-13(15-5)9-7-12/h6-9H,1,10H2,2-5H3/i1D2. The average molecular weight is 206 g/mol. The van der Waals surface area contributed by atoms with Crippen LogP contribution in [0.2, 0.25) is 0 Å². The summed E-state index contributed by atoms with van der Waals surface area (Å²) in [5, 5.41) is 0. The van der Waals surface area contributed by atoms with Gasteiger partial charge in [0.2, 0.25) is 0 Å². The Bertz CT molecular complexity index is 401. The molecule has 0 bridgehead atoms. The van der Waals surface area contributed by atoms with Gasteiger partial charge in [-0.25, -0.2) is 0 Å². The monoisotopic (exact) mass is 206 g/mol. The fraction of sp³-hybridized carbons (Fsp3) is 0.429. The summed E-state index contributed by atoms with van der Waals surface area (Å²) in [6, 6.07) is 7.97. The number of rotatable bonds is 4. The summed E-state index contributed by atoms with van der Waals surface area (Å²) < 4.78 is 19.8. The van der Waals surface area contributed by atoms with E-state index in [0.29, 0.717) is 0 Å². The van der Waals surface area contributed by atoms with E-state index in [1.54, 1.807) is 7.11 Å². The van der Waals surface area contributed by atoms with Gasteiger partial charge in [0.25, 0.3) is 0 Å². The van der Waals surface area contributed by atoms with Gasteiger partial charge in [0.05, 0.1) is 9.85 Å². The minimum absolute atomic E-state index is 0.0658. The van der Waals surface area contributed by atoms with E-state index < -0.39 is 0 Å². The van der Waals surface area contributed by atoms with Crippen molar-refractivity contribution in [3.63, 3.8) is 0 Å². The summed E-state index contributed by atoms with van der Waals surface area (Å²) in [6.07, 6.45) is 0.724. The van der Waals surface area contributed by atoms with Crippen LogP contribution in [0, 0.1) is 0 Å². The summed E-state index contributed by atoms with van der Waals surface area (Å²) >= 11 is 0. The number of benzene rings is 1. The second kappa shape index (κ2) is 4.52. The van der Waals surface area contributed by atoms with E-state index in [1.807, 2.05) is 31.2 Å². The molecule has 0 atom stereocenters. The number of ether oxygens (including phenoxy) is 1. The molecule has 0 amide bonds. The van der Waals surface area contributed by atoms with Crippen molar-refractivity contribution in [1.29, 1.82) is 0 Å². The van der Waals surface area contributed by atoms with Crippen LogP contribution in [0.25, 0.3) is 0 Å². The number of hydrogen-bond acceptors (Lipinski definition) is 1. The Morgan fingerprint density at radius 2 is 2.00 bits per heavy atom. The summed E-state index contributed by atoms with van der Waals surface area (Å²) in [5.41, 5.74) is 1.94. The molecule has 0 aliphatic heterocycles. The van der Waals surface area contributed by atoms with Crippen molar-refractivity contribution in [2.45, 2.75) is 32.6 Å². The first-order valence-electron chi connectivity index (χ1n) is 6.14. The van der Waals surface area contributed by atoms with Gasteiger partial charge >= 0.3 is 0 Å². The largest absolute Gasteiger partial charge is 0.497 e. The van der Waals surface area contributed by atoms with Crippen molar-refractivity contribution in [2.75, 3.05) is 7.11 Å². The van der Waals surface area contributed by atoms with Gasteiger partial charge in [0, 0.05) is 0 Å². The Hall–Kier alpha value is -1.24. The third kappa shape index (κ3) is 3.12. The molecule has 0 N–H and O–H groups in total. The first-order valence-corrected chi connectivity index (χ1v) is 5.14. The lowest BCUT2D eigenvalue weighted by molar-refractivity contribution is 0.414. The van der Waals surface area contributed by atoms with Crippen LogP contribution in [0.15, 0.2) is 36.4 Å². The first-order chi connectivity index (χ1) is 7.86. The molecule has 1 aromatic rings. The van der Waals surface area contributed by atoms with Crippen LogP contribution in [0.4, 0.5) is 0 Å². The molecule has 0 aliphatic rings. The topological polar surface area (TPSA) is 9.23 Å². The minimum Gasteiger partial charge on any atom is -0.497 e. The third-order valence-electron chi connectivity index (χ3n) is 2.58. The van der Waals surface area contributed by atoms with Gasteiger partial charge in [0.15, 0.2) is 0 Å². The normalized spacial score (nSPS) is 12.8. The van der Waals surface area contributed by atoms with Crippen LogP contribution in [0.3, 0.4) is 0 Å². The van der Waals surface area contributed by atoms with E-state index in [1.165, 1.54) is 5.56 Å².